The first-order chi connectivity index (χ1) is 12.5. The summed E-state index contributed by atoms with van der Waals surface area (Å²) in [5.41, 5.74) is 0.544. The molecule has 1 aromatic heterocycles. The molecule has 3 rings (SSSR count). The highest BCUT2D eigenvalue weighted by Crippen LogP contribution is 2.22. The van der Waals surface area contributed by atoms with Crippen molar-refractivity contribution in [3.05, 3.63) is 30.1 Å². The summed E-state index contributed by atoms with van der Waals surface area (Å²) in [5.74, 6) is -0.104. The molecule has 7 heteroatoms. The van der Waals surface area contributed by atoms with Gasteiger partial charge < -0.3 is 5.32 Å². The van der Waals surface area contributed by atoms with E-state index in [4.69, 9.17) is 0 Å². The van der Waals surface area contributed by atoms with Crippen LogP contribution in [-0.4, -0.2) is 32.2 Å². The van der Waals surface area contributed by atoms with Crippen LogP contribution in [0.25, 0.3) is 11.4 Å². The van der Waals surface area contributed by atoms with E-state index >= 15 is 0 Å². The number of nitrogens with one attached hydrogen (secondary N) is 1. The van der Waals surface area contributed by atoms with Gasteiger partial charge in [-0.2, -0.15) is 4.80 Å². The molecule has 1 saturated carbocycles. The maximum absolute atomic E-state index is 13.4. The Morgan fingerprint density at radius 2 is 1.96 bits per heavy atom. The highest BCUT2D eigenvalue weighted by Gasteiger charge is 2.29. The average molecular weight is 359 g/mol. The van der Waals surface area contributed by atoms with Crippen LogP contribution in [0.15, 0.2) is 24.3 Å². The van der Waals surface area contributed by atoms with Crippen LogP contribution in [0.5, 0.6) is 0 Å². The lowest BCUT2D eigenvalue weighted by Crippen LogP contribution is -2.42. The zero-order valence-electron chi connectivity index (χ0n) is 15.4. The van der Waals surface area contributed by atoms with Gasteiger partial charge in [-0.25, -0.2) is 4.39 Å². The summed E-state index contributed by atoms with van der Waals surface area (Å²) in [7, 11) is 0. The number of nitrogens with zero attached hydrogens (tertiary/aromatic N) is 4. The highest BCUT2D eigenvalue weighted by atomic mass is 19.1. The Morgan fingerprint density at radius 1 is 1.23 bits per heavy atom. The Balaban J connectivity index is 1.76. The van der Waals surface area contributed by atoms with Crippen molar-refractivity contribution in [1.82, 2.24) is 25.5 Å². The van der Waals surface area contributed by atoms with Crippen LogP contribution < -0.4 is 5.32 Å². The van der Waals surface area contributed by atoms with Gasteiger partial charge in [0.25, 0.3) is 0 Å². The van der Waals surface area contributed by atoms with E-state index in [1.165, 1.54) is 29.8 Å². The molecule has 1 unspecified atom stereocenters. The number of amides is 1. The van der Waals surface area contributed by atoms with Crippen molar-refractivity contribution >= 4 is 5.91 Å². The smallest absolute Gasteiger partial charge is 0.247 e. The molecule has 0 radical (unpaired) electrons. The third-order valence-corrected chi connectivity index (χ3v) is 4.86. The summed E-state index contributed by atoms with van der Waals surface area (Å²) in [4.78, 5) is 14.2. The number of benzene rings is 1. The molecule has 26 heavy (non-hydrogen) atoms. The van der Waals surface area contributed by atoms with E-state index in [2.05, 4.69) is 20.7 Å². The first-order valence-corrected chi connectivity index (χ1v) is 9.40. The lowest BCUT2D eigenvalue weighted by Gasteiger charge is -2.23. The molecular formula is C19H26FN5O. The summed E-state index contributed by atoms with van der Waals surface area (Å²) in [6, 6.07) is 5.73. The van der Waals surface area contributed by atoms with E-state index in [9.17, 15) is 9.18 Å². The number of aromatic nitrogens is 4. The van der Waals surface area contributed by atoms with Crippen molar-refractivity contribution in [2.24, 2.45) is 5.92 Å². The summed E-state index contributed by atoms with van der Waals surface area (Å²) >= 11 is 0. The van der Waals surface area contributed by atoms with Crippen LogP contribution in [0, 0.1) is 11.7 Å². The van der Waals surface area contributed by atoms with Crippen molar-refractivity contribution in [1.29, 1.82) is 0 Å². The number of carbonyl (C=O) groups excluding carboxylic acids is 1. The van der Waals surface area contributed by atoms with Crippen molar-refractivity contribution in [3.8, 4) is 11.4 Å². The number of halogens is 1. The molecule has 140 valence electrons. The van der Waals surface area contributed by atoms with Crippen LogP contribution in [0.2, 0.25) is 0 Å². The van der Waals surface area contributed by atoms with Gasteiger partial charge in [0.2, 0.25) is 11.7 Å². The van der Waals surface area contributed by atoms with E-state index in [0.717, 1.165) is 25.7 Å². The Morgan fingerprint density at radius 3 is 2.62 bits per heavy atom. The summed E-state index contributed by atoms with van der Waals surface area (Å²) < 4.78 is 13.4. The first-order valence-electron chi connectivity index (χ1n) is 9.40. The number of rotatable bonds is 5. The van der Waals surface area contributed by atoms with Crippen LogP contribution in [0.3, 0.4) is 0 Å². The Labute approximate surface area is 153 Å². The van der Waals surface area contributed by atoms with Crippen molar-refractivity contribution in [2.75, 3.05) is 0 Å². The summed E-state index contributed by atoms with van der Waals surface area (Å²) in [6.07, 6.45) is 6.83. The van der Waals surface area contributed by atoms with Gasteiger partial charge in [0, 0.05) is 11.6 Å². The maximum Gasteiger partial charge on any atom is 0.247 e. The fourth-order valence-corrected chi connectivity index (χ4v) is 3.47. The van der Waals surface area contributed by atoms with E-state index in [0.29, 0.717) is 11.4 Å². The molecule has 0 bridgehead atoms. The molecule has 0 spiro atoms. The average Bonchev–Trinajstić information content (AvgIpc) is 2.92. The van der Waals surface area contributed by atoms with E-state index in [-0.39, 0.29) is 23.7 Å². The topological polar surface area (TPSA) is 72.7 Å². The Hall–Kier alpha value is -2.31. The van der Waals surface area contributed by atoms with Crippen molar-refractivity contribution in [2.45, 2.75) is 64.5 Å². The zero-order chi connectivity index (χ0) is 18.5. The SMILES string of the molecule is CC(C)C(C(=O)NC1CCCCCC1)n1nnc(-c2cccc(F)c2)n1. The number of tetrazole rings is 1. The summed E-state index contributed by atoms with van der Waals surface area (Å²) in [6.45, 7) is 3.92. The molecule has 0 aliphatic heterocycles. The first kappa shape index (κ1) is 18.5. The zero-order valence-corrected chi connectivity index (χ0v) is 15.4. The standard InChI is InChI=1S/C19H26FN5O/c1-13(2)17(19(26)21-16-10-5-3-4-6-11-16)25-23-18(22-24-25)14-8-7-9-15(20)12-14/h7-9,12-13,16-17H,3-6,10-11H2,1-2H3,(H,21,26). The van der Waals surface area contributed by atoms with Gasteiger partial charge in [0.1, 0.15) is 5.82 Å². The largest absolute Gasteiger partial charge is 0.351 e. The fourth-order valence-electron chi connectivity index (χ4n) is 3.47. The molecule has 6 nitrogen and oxygen atoms in total. The monoisotopic (exact) mass is 359 g/mol. The van der Waals surface area contributed by atoms with Gasteiger partial charge in [-0.15, -0.1) is 10.2 Å². The minimum absolute atomic E-state index is 0.00957. The Kier molecular flexibility index (Phi) is 5.96. The predicted molar refractivity (Wildman–Crippen MR) is 96.7 cm³/mol. The van der Waals surface area contributed by atoms with Gasteiger partial charge in [0.15, 0.2) is 6.04 Å². The normalized spacial score (nSPS) is 17.1. The van der Waals surface area contributed by atoms with Crippen molar-refractivity contribution in [3.63, 3.8) is 0 Å². The second-order valence-corrected chi connectivity index (χ2v) is 7.33. The van der Waals surface area contributed by atoms with Gasteiger partial charge >= 0.3 is 0 Å². The van der Waals surface area contributed by atoms with Crippen LogP contribution in [0.4, 0.5) is 4.39 Å². The molecule has 2 aromatic rings. The van der Waals surface area contributed by atoms with Gasteiger partial charge in [-0.3, -0.25) is 4.79 Å². The summed E-state index contributed by atoms with van der Waals surface area (Å²) in [5, 5.41) is 15.6. The number of carbonyl (C=O) groups is 1. The number of hydrogen-bond donors (Lipinski definition) is 1. The molecule has 1 aliphatic carbocycles. The van der Waals surface area contributed by atoms with Crippen LogP contribution in [0.1, 0.15) is 58.4 Å². The maximum atomic E-state index is 13.4. The van der Waals surface area contributed by atoms with Gasteiger partial charge in [0.05, 0.1) is 0 Å². The fraction of sp³-hybridized carbons (Fsp3) is 0.579. The lowest BCUT2D eigenvalue weighted by molar-refractivity contribution is -0.127. The second-order valence-electron chi connectivity index (χ2n) is 7.33. The molecule has 1 N–H and O–H groups in total. The van der Waals surface area contributed by atoms with E-state index in [1.54, 1.807) is 12.1 Å². The second kappa shape index (κ2) is 8.38. The molecule has 0 saturated heterocycles. The third kappa shape index (κ3) is 4.45. The Bertz CT molecular complexity index is 737. The van der Waals surface area contributed by atoms with E-state index < -0.39 is 6.04 Å². The van der Waals surface area contributed by atoms with Crippen molar-refractivity contribution < 1.29 is 9.18 Å². The van der Waals surface area contributed by atoms with Crippen LogP contribution >= 0.6 is 0 Å². The highest BCUT2D eigenvalue weighted by molar-refractivity contribution is 5.80. The van der Waals surface area contributed by atoms with Gasteiger partial charge in [-0.1, -0.05) is 51.7 Å². The minimum Gasteiger partial charge on any atom is -0.351 e. The molecule has 1 atom stereocenters. The van der Waals surface area contributed by atoms with E-state index in [1.807, 2.05) is 13.8 Å². The predicted octanol–water partition coefficient (Wildman–Crippen LogP) is 3.52. The molecule has 1 heterocycles. The molecule has 1 amide bonds. The van der Waals surface area contributed by atoms with Gasteiger partial charge in [-0.05, 0) is 36.1 Å². The molecule has 1 fully saturated rings. The molecule has 1 aliphatic rings. The molecule has 1 aromatic carbocycles. The minimum atomic E-state index is -0.534. The molecular weight excluding hydrogens is 333 g/mol. The number of hydrogen-bond acceptors (Lipinski definition) is 4. The quantitative estimate of drug-likeness (QED) is 0.829. The third-order valence-electron chi connectivity index (χ3n) is 4.86. The lowest BCUT2D eigenvalue weighted by atomic mass is 10.0. The van der Waals surface area contributed by atoms with Crippen LogP contribution in [-0.2, 0) is 4.79 Å².